The van der Waals surface area contributed by atoms with E-state index in [9.17, 15) is 28.8 Å². The van der Waals surface area contributed by atoms with Crippen molar-refractivity contribution in [2.24, 2.45) is 21.5 Å². The second-order valence-electron chi connectivity index (χ2n) is 11.7. The first-order valence-corrected chi connectivity index (χ1v) is 15.9. The fraction of sp³-hybridized carbons (Fsp3) is 0.100. The molecule has 0 fully saturated rings. The minimum absolute atomic E-state index is 0.0498. The number of isocyanates is 2. The normalized spacial score (nSPS) is 9.26. The molecule has 0 aliphatic rings. The van der Waals surface area contributed by atoms with Crippen molar-refractivity contribution in [2.75, 3.05) is 0 Å². The van der Waals surface area contributed by atoms with E-state index in [1.807, 2.05) is 39.8 Å². The Morgan fingerprint density at radius 1 is 0.421 bits per heavy atom. The van der Waals surface area contributed by atoms with Gasteiger partial charge in [0.05, 0.1) is 22.5 Å². The number of phenols is 5. The predicted octanol–water partition coefficient (Wildman–Crippen LogP) is 5.72. The second-order valence-corrected chi connectivity index (χ2v) is 11.7. The van der Waals surface area contributed by atoms with Crippen LogP contribution in [0.1, 0.15) is 63.7 Å². The summed E-state index contributed by atoms with van der Waals surface area (Å²) in [5.74, 6) is -4.03. The van der Waals surface area contributed by atoms with Gasteiger partial charge >= 0.3 is 11.9 Å². The molecule has 0 aromatic heterocycles. The maximum absolute atomic E-state index is 10.7. The minimum atomic E-state index is -1.28. The van der Waals surface area contributed by atoms with Crippen LogP contribution in [0.5, 0.6) is 28.7 Å². The number of carbonyl (C=O) groups is 4. The van der Waals surface area contributed by atoms with E-state index in [2.05, 4.69) is 9.98 Å². The lowest BCUT2D eigenvalue weighted by molar-refractivity contribution is 0.0695. The Hall–Kier alpha value is -8.26. The zero-order chi connectivity index (χ0) is 43.4. The molecule has 5 aromatic carbocycles. The van der Waals surface area contributed by atoms with E-state index in [1.54, 1.807) is 24.3 Å². The van der Waals surface area contributed by atoms with E-state index < -0.39 is 23.8 Å². The van der Waals surface area contributed by atoms with Crippen LogP contribution in [0.4, 0.5) is 11.4 Å². The number of amides is 2. The van der Waals surface area contributed by atoms with Gasteiger partial charge < -0.3 is 47.2 Å². The Morgan fingerprint density at radius 2 is 0.684 bits per heavy atom. The average Bonchev–Trinajstić information content (AvgIpc) is 3.07. The molecule has 11 N–H and O–H groups in total. The fourth-order valence-electron chi connectivity index (χ4n) is 4.47. The highest BCUT2D eigenvalue weighted by atomic mass is 16.4. The lowest BCUT2D eigenvalue weighted by Crippen LogP contribution is -2.15. The van der Waals surface area contributed by atoms with Crippen molar-refractivity contribution >= 4 is 47.3 Å². The van der Waals surface area contributed by atoms with Crippen molar-refractivity contribution in [1.29, 1.82) is 0 Å². The molecule has 0 aliphatic carbocycles. The molecule has 2 amide bonds. The zero-order valence-electron chi connectivity index (χ0n) is 30.8. The average molecular weight is 783 g/mol. The van der Waals surface area contributed by atoms with Crippen LogP contribution in [0.15, 0.2) is 101 Å². The van der Waals surface area contributed by atoms with Crippen molar-refractivity contribution in [3.63, 3.8) is 0 Å². The Labute approximate surface area is 324 Å². The first-order valence-electron chi connectivity index (χ1n) is 15.9. The smallest absolute Gasteiger partial charge is 0.335 e. The third-order valence-electron chi connectivity index (χ3n) is 6.55. The number of carbonyl (C=O) groups excluding carboxylic acids is 4. The van der Waals surface area contributed by atoms with Crippen molar-refractivity contribution in [1.82, 2.24) is 0 Å². The number of hydrogen-bond donors (Lipinski definition) is 9. The Balaban J connectivity index is 0.000000359. The summed E-state index contributed by atoms with van der Waals surface area (Å²) in [5.41, 5.74) is 14.3. The van der Waals surface area contributed by atoms with E-state index >= 15 is 0 Å². The van der Waals surface area contributed by atoms with Gasteiger partial charge in [0.25, 0.3) is 0 Å². The van der Waals surface area contributed by atoms with Crippen LogP contribution in [-0.2, 0) is 9.59 Å². The Kier molecular flexibility index (Phi) is 18.6. The number of carboxylic acids is 2. The number of benzene rings is 5. The van der Waals surface area contributed by atoms with Crippen molar-refractivity contribution in [2.45, 2.75) is 27.7 Å². The quantitative estimate of drug-likeness (QED) is 0.0735. The zero-order valence-corrected chi connectivity index (χ0v) is 30.8. The minimum Gasteiger partial charge on any atom is -0.508 e. The van der Waals surface area contributed by atoms with Gasteiger partial charge in [-0.1, -0.05) is 12.1 Å². The van der Waals surface area contributed by atoms with Gasteiger partial charge in [-0.2, -0.15) is 9.98 Å². The van der Waals surface area contributed by atoms with Gasteiger partial charge in [0, 0.05) is 23.3 Å². The van der Waals surface area contributed by atoms with Gasteiger partial charge in [-0.3, -0.25) is 9.59 Å². The van der Waals surface area contributed by atoms with E-state index in [4.69, 9.17) is 47.2 Å². The number of aryl methyl sites for hydroxylation is 4. The molecule has 17 nitrogen and oxygen atoms in total. The van der Waals surface area contributed by atoms with Crippen LogP contribution in [0.2, 0.25) is 0 Å². The molecule has 0 unspecified atom stereocenters. The van der Waals surface area contributed by atoms with Crippen molar-refractivity contribution < 1.29 is 64.5 Å². The van der Waals surface area contributed by atoms with Crippen molar-refractivity contribution in [3.05, 3.63) is 136 Å². The van der Waals surface area contributed by atoms with Gasteiger partial charge in [0.2, 0.25) is 24.0 Å². The lowest BCUT2D eigenvalue weighted by Gasteiger charge is -2.00. The first kappa shape index (κ1) is 46.8. The molecule has 296 valence electrons. The van der Waals surface area contributed by atoms with E-state index in [-0.39, 0.29) is 50.9 Å². The number of aromatic hydroxyl groups is 5. The molecule has 0 aliphatic heterocycles. The molecule has 0 radical (unpaired) electrons. The molecule has 5 rings (SSSR count). The summed E-state index contributed by atoms with van der Waals surface area (Å²) in [7, 11) is 0. The maximum atomic E-state index is 10.7. The summed E-state index contributed by atoms with van der Waals surface area (Å²) >= 11 is 0. The van der Waals surface area contributed by atoms with Crippen LogP contribution in [0.25, 0.3) is 0 Å². The highest BCUT2D eigenvalue weighted by Gasteiger charge is 2.11. The third-order valence-corrected chi connectivity index (χ3v) is 6.55. The van der Waals surface area contributed by atoms with Crippen molar-refractivity contribution in [3.8, 4) is 28.7 Å². The molecular weight excluding hydrogens is 744 g/mol. The number of aromatic carboxylic acids is 2. The van der Waals surface area contributed by atoms with Gasteiger partial charge in [0.15, 0.2) is 0 Å². The number of primary amides is 2. The highest BCUT2D eigenvalue weighted by Crippen LogP contribution is 2.26. The van der Waals surface area contributed by atoms with Crippen LogP contribution >= 0.6 is 0 Å². The van der Waals surface area contributed by atoms with Crippen LogP contribution in [-0.4, -0.2) is 71.7 Å². The Bertz CT molecular complexity index is 1950. The summed E-state index contributed by atoms with van der Waals surface area (Å²) in [5, 5.41) is 62.1. The largest absolute Gasteiger partial charge is 0.508 e. The number of nitrogens with two attached hydrogens (primary N) is 2. The Morgan fingerprint density at radius 3 is 0.947 bits per heavy atom. The topological polar surface area (TPSA) is 321 Å². The molecule has 0 heterocycles. The summed E-state index contributed by atoms with van der Waals surface area (Å²) < 4.78 is 0. The van der Waals surface area contributed by atoms with Gasteiger partial charge in [-0.25, -0.2) is 19.2 Å². The van der Waals surface area contributed by atoms with Crippen LogP contribution in [0.3, 0.4) is 0 Å². The number of rotatable bonds is 6. The second kappa shape index (κ2) is 22.7. The van der Waals surface area contributed by atoms with E-state index in [0.29, 0.717) is 11.5 Å². The maximum Gasteiger partial charge on any atom is 0.335 e. The molecule has 17 heteroatoms. The summed E-state index contributed by atoms with van der Waals surface area (Å²) in [6.45, 7) is 7.86. The molecule has 0 atom stereocenters. The van der Waals surface area contributed by atoms with E-state index in [1.165, 1.54) is 36.4 Å². The summed E-state index contributed by atoms with van der Waals surface area (Å²) in [6, 6.07) is 21.3. The predicted molar refractivity (Wildman–Crippen MR) is 206 cm³/mol. The summed E-state index contributed by atoms with van der Waals surface area (Å²) in [4.78, 5) is 68.5. The fourth-order valence-corrected chi connectivity index (χ4v) is 4.47. The molecular formula is C40H38N4O13. The standard InChI is InChI=1S/C8H4N2O3.C8H8N2O3.C8H6O5.2C8H10O/c11-4-9-6-1-7(10-5-12)3-8(13)2-6;9-7(12)4-1-5(8(10)13)3-6(11)2-4;9-6-2-4(7(10)11)1-5(3-6)8(12)13;2*1-6-3-7(2)5-8(9)4-6/h1-3,13H;1-3,11H,(H2,9,12)(H2,10,13);1-3,9H,(H,10,11)(H,12,13);2*3-5,9H,1-2H3. The third kappa shape index (κ3) is 18.4. The monoisotopic (exact) mass is 782 g/mol. The number of nitrogens with zero attached hydrogens (tertiary/aromatic N) is 2. The number of hydrogen-bond acceptors (Lipinski definition) is 13. The number of aliphatic imine (C=N–C) groups is 2. The molecule has 57 heavy (non-hydrogen) atoms. The molecule has 0 saturated carbocycles. The molecule has 0 spiro atoms. The first-order chi connectivity index (χ1) is 26.6. The van der Waals surface area contributed by atoms with Crippen LogP contribution < -0.4 is 11.5 Å². The highest BCUT2D eigenvalue weighted by molar-refractivity contribution is 5.99. The molecule has 5 aromatic rings. The van der Waals surface area contributed by atoms with Crippen LogP contribution in [0, 0.1) is 27.7 Å². The molecule has 0 bridgehead atoms. The number of carboxylic acid groups (broad SMARTS) is 2. The van der Waals surface area contributed by atoms with Gasteiger partial charge in [0.1, 0.15) is 28.7 Å². The molecule has 0 saturated heterocycles. The lowest BCUT2D eigenvalue weighted by atomic mass is 10.1. The SMILES string of the molecule is Cc1cc(C)cc(O)c1.Cc1cc(C)cc(O)c1.NC(=O)c1cc(O)cc(C(N)=O)c1.O=C(O)c1cc(O)cc(C(=O)O)c1.O=C=Nc1cc(O)cc(N=C=O)c1. The summed E-state index contributed by atoms with van der Waals surface area (Å²) in [6.07, 6.45) is 2.61. The van der Waals surface area contributed by atoms with Gasteiger partial charge in [-0.05, 0) is 117 Å². The number of phenolic OH excluding ortho intramolecular Hbond substituents is 5. The van der Waals surface area contributed by atoms with E-state index in [0.717, 1.165) is 52.6 Å². The van der Waals surface area contributed by atoms with Gasteiger partial charge in [-0.15, -0.1) is 0 Å².